The minimum Gasteiger partial charge on any atom is -0.496 e. The molecule has 0 aromatic heterocycles. The van der Waals surface area contributed by atoms with Crippen molar-refractivity contribution in [2.45, 2.75) is 66.0 Å². The Kier molecular flexibility index (Phi) is 11.1. The number of benzene rings is 2. The first kappa shape index (κ1) is 29.5. The van der Waals surface area contributed by atoms with Gasteiger partial charge in [-0.05, 0) is 79.1 Å². The zero-order chi connectivity index (χ0) is 27.0. The monoisotopic (exact) mass is 535 g/mol. The number of methoxy groups -OCH3 is 1. The molecule has 2 amide bonds. The second-order valence-electron chi connectivity index (χ2n) is 9.37. The molecule has 0 spiro atoms. The summed E-state index contributed by atoms with van der Waals surface area (Å²) in [5.41, 5.74) is 5.44. The average Bonchev–Trinajstić information content (AvgIpc) is 2.80. The molecule has 0 aliphatic carbocycles. The lowest BCUT2D eigenvalue weighted by molar-refractivity contribution is -0.132. The molecular formula is C27H35Cl2N3O4. The smallest absolute Gasteiger partial charge is 0.262 e. The van der Waals surface area contributed by atoms with Gasteiger partial charge in [0.05, 0.1) is 18.3 Å². The van der Waals surface area contributed by atoms with Gasteiger partial charge in [-0.25, -0.2) is 5.43 Å². The number of nitrogens with zero attached hydrogens (tertiary/aromatic N) is 1. The molecule has 7 nitrogen and oxygen atoms in total. The van der Waals surface area contributed by atoms with Gasteiger partial charge in [0.25, 0.3) is 11.8 Å². The Morgan fingerprint density at radius 2 is 1.72 bits per heavy atom. The number of hydrogen-bond acceptors (Lipinski definition) is 5. The van der Waals surface area contributed by atoms with Crippen LogP contribution in [0.4, 0.5) is 0 Å². The highest BCUT2D eigenvalue weighted by Gasteiger charge is 2.25. The van der Waals surface area contributed by atoms with Crippen LogP contribution in [0.5, 0.6) is 11.5 Å². The zero-order valence-electron chi connectivity index (χ0n) is 21.8. The van der Waals surface area contributed by atoms with E-state index in [0.29, 0.717) is 22.2 Å². The van der Waals surface area contributed by atoms with Gasteiger partial charge in [0.15, 0.2) is 6.10 Å². The molecule has 2 N–H and O–H groups in total. The summed E-state index contributed by atoms with van der Waals surface area (Å²) in [6.45, 7) is 11.6. The van der Waals surface area contributed by atoms with Crippen molar-refractivity contribution < 1.29 is 19.1 Å². The first-order valence-electron chi connectivity index (χ1n) is 11.9. The van der Waals surface area contributed by atoms with Gasteiger partial charge < -0.3 is 14.8 Å². The maximum absolute atomic E-state index is 12.9. The van der Waals surface area contributed by atoms with Crippen LogP contribution in [0.25, 0.3) is 0 Å². The predicted octanol–water partition coefficient (Wildman–Crippen LogP) is 5.88. The Labute approximate surface area is 223 Å². The van der Waals surface area contributed by atoms with Crippen LogP contribution in [0.2, 0.25) is 10.0 Å². The number of hydrazone groups is 1. The highest BCUT2D eigenvalue weighted by atomic mass is 35.5. The van der Waals surface area contributed by atoms with Gasteiger partial charge in [-0.15, -0.1) is 0 Å². The molecule has 0 saturated heterocycles. The normalized spacial score (nSPS) is 13.1. The largest absolute Gasteiger partial charge is 0.496 e. The summed E-state index contributed by atoms with van der Waals surface area (Å²) in [5.74, 6) is 0.705. The third-order valence-electron chi connectivity index (χ3n) is 5.53. The summed E-state index contributed by atoms with van der Waals surface area (Å²) in [6.07, 6.45) is 1.15. The third-order valence-corrected chi connectivity index (χ3v) is 6.06. The molecular weight excluding hydrogens is 501 g/mol. The lowest BCUT2D eigenvalue weighted by atomic mass is 9.97. The van der Waals surface area contributed by atoms with Gasteiger partial charge in [0, 0.05) is 5.02 Å². The minimum absolute atomic E-state index is 0.157. The predicted molar refractivity (Wildman–Crippen MR) is 145 cm³/mol. The van der Waals surface area contributed by atoms with Crippen LogP contribution in [0.1, 0.15) is 63.6 Å². The van der Waals surface area contributed by atoms with Gasteiger partial charge in [-0.2, -0.15) is 5.10 Å². The van der Waals surface area contributed by atoms with E-state index in [2.05, 4.69) is 29.7 Å². The van der Waals surface area contributed by atoms with Crippen molar-refractivity contribution in [1.29, 1.82) is 0 Å². The lowest BCUT2D eigenvalue weighted by Gasteiger charge is -2.22. The molecule has 36 heavy (non-hydrogen) atoms. The van der Waals surface area contributed by atoms with Crippen LogP contribution in [-0.2, 0) is 9.59 Å². The number of rotatable bonds is 11. The van der Waals surface area contributed by atoms with Crippen LogP contribution in [0.3, 0.4) is 0 Å². The van der Waals surface area contributed by atoms with E-state index >= 15 is 0 Å². The summed E-state index contributed by atoms with van der Waals surface area (Å²) in [5, 5.41) is 7.67. The number of carbonyl (C=O) groups excluding carboxylic acids is 2. The topological polar surface area (TPSA) is 89.0 Å². The number of halogens is 2. The maximum Gasteiger partial charge on any atom is 0.262 e. The summed E-state index contributed by atoms with van der Waals surface area (Å²) >= 11 is 12.0. The van der Waals surface area contributed by atoms with Crippen molar-refractivity contribution in [3.05, 3.63) is 57.1 Å². The SMILES string of the molecule is COc1cc(C)c(/C=N\NC(=O)[C@@H](CC(C)C)NC(=O)[C@H](C)Oc2ccc(Cl)cc2Cl)cc1C(C)C. The quantitative estimate of drug-likeness (QED) is 0.277. The van der Waals surface area contributed by atoms with Gasteiger partial charge in [0.1, 0.15) is 17.5 Å². The van der Waals surface area contributed by atoms with Gasteiger partial charge >= 0.3 is 0 Å². The van der Waals surface area contributed by atoms with E-state index < -0.39 is 24.0 Å². The number of carbonyl (C=O) groups is 2. The molecule has 2 aromatic rings. The highest BCUT2D eigenvalue weighted by molar-refractivity contribution is 6.35. The molecule has 2 atom stereocenters. The van der Waals surface area contributed by atoms with Crippen LogP contribution in [0, 0.1) is 12.8 Å². The van der Waals surface area contributed by atoms with E-state index in [1.165, 1.54) is 6.07 Å². The summed E-state index contributed by atoms with van der Waals surface area (Å²) < 4.78 is 11.2. The number of amides is 2. The standard InChI is InChI=1S/C27H35Cl2N3O4/c1-15(2)10-23(31-26(33)18(6)36-24-9-8-20(28)13-22(24)29)27(34)32-30-14-19-12-21(16(3)4)25(35-7)11-17(19)5/h8-9,11-16,18,23H,10H2,1-7H3,(H,31,33)(H,32,34)/b30-14-/t18-,23+/m0/s1. The van der Waals surface area contributed by atoms with Gasteiger partial charge in [0.2, 0.25) is 0 Å². The highest BCUT2D eigenvalue weighted by Crippen LogP contribution is 2.29. The number of hydrogen-bond donors (Lipinski definition) is 2. The molecule has 0 fully saturated rings. The number of nitrogens with one attached hydrogen (secondary N) is 2. The zero-order valence-corrected chi connectivity index (χ0v) is 23.3. The first-order valence-corrected chi connectivity index (χ1v) is 12.6. The number of ether oxygens (including phenoxy) is 2. The van der Waals surface area contributed by atoms with E-state index in [9.17, 15) is 9.59 Å². The van der Waals surface area contributed by atoms with E-state index in [1.54, 1.807) is 32.4 Å². The van der Waals surface area contributed by atoms with Gasteiger partial charge in [-0.1, -0.05) is 50.9 Å². The molecule has 0 bridgehead atoms. The molecule has 196 valence electrons. The molecule has 9 heteroatoms. The summed E-state index contributed by atoms with van der Waals surface area (Å²) in [7, 11) is 1.65. The van der Waals surface area contributed by atoms with Crippen LogP contribution < -0.4 is 20.2 Å². The van der Waals surface area contributed by atoms with Crippen LogP contribution >= 0.6 is 23.2 Å². The Hall–Kier alpha value is -2.77. The molecule has 2 rings (SSSR count). The Balaban J connectivity index is 2.09. The summed E-state index contributed by atoms with van der Waals surface area (Å²) in [4.78, 5) is 25.7. The molecule has 0 aliphatic rings. The molecule has 0 unspecified atom stereocenters. The van der Waals surface area contributed by atoms with Crippen molar-refractivity contribution in [3.63, 3.8) is 0 Å². The summed E-state index contributed by atoms with van der Waals surface area (Å²) in [6, 6.07) is 7.91. The maximum atomic E-state index is 12.9. The number of aryl methyl sites for hydroxylation is 1. The van der Waals surface area contributed by atoms with Crippen molar-refractivity contribution in [1.82, 2.24) is 10.7 Å². The molecule has 0 saturated carbocycles. The minimum atomic E-state index is -0.883. The molecule has 2 aromatic carbocycles. The second kappa shape index (κ2) is 13.5. The van der Waals surface area contributed by atoms with Gasteiger partial charge in [-0.3, -0.25) is 9.59 Å². The fourth-order valence-electron chi connectivity index (χ4n) is 3.53. The molecule has 0 aliphatic heterocycles. The van der Waals surface area contributed by atoms with E-state index in [1.807, 2.05) is 32.9 Å². The lowest BCUT2D eigenvalue weighted by Crippen LogP contribution is -2.49. The molecule has 0 radical (unpaired) electrons. The second-order valence-corrected chi connectivity index (χ2v) is 10.2. The Morgan fingerprint density at radius 3 is 2.31 bits per heavy atom. The van der Waals surface area contributed by atoms with Crippen molar-refractivity contribution in [2.75, 3.05) is 7.11 Å². The van der Waals surface area contributed by atoms with Crippen LogP contribution in [0.15, 0.2) is 35.4 Å². The third kappa shape index (κ3) is 8.42. The van der Waals surface area contributed by atoms with E-state index in [-0.39, 0.29) is 11.8 Å². The average molecular weight is 537 g/mol. The Bertz CT molecular complexity index is 1100. The van der Waals surface area contributed by atoms with Crippen LogP contribution in [-0.4, -0.2) is 37.3 Å². The van der Waals surface area contributed by atoms with E-state index in [0.717, 1.165) is 22.4 Å². The van der Waals surface area contributed by atoms with Crippen molar-refractivity contribution in [3.8, 4) is 11.5 Å². The fraction of sp³-hybridized carbons (Fsp3) is 0.444. The molecule has 0 heterocycles. The van der Waals surface area contributed by atoms with E-state index in [4.69, 9.17) is 32.7 Å². The fourth-order valence-corrected chi connectivity index (χ4v) is 3.99. The Morgan fingerprint density at radius 1 is 1.03 bits per heavy atom. The van der Waals surface area contributed by atoms with Crippen molar-refractivity contribution in [2.24, 2.45) is 11.0 Å². The van der Waals surface area contributed by atoms with Crippen molar-refractivity contribution >= 4 is 41.2 Å². The first-order chi connectivity index (χ1) is 16.9.